The molecule has 7 nitrogen and oxygen atoms in total. The molecular weight excluding hydrogens is 354 g/mol. The molecule has 150 valence electrons. The van der Waals surface area contributed by atoms with E-state index < -0.39 is 0 Å². The first kappa shape index (κ1) is 19.0. The maximum Gasteiger partial charge on any atom is 0.225 e. The Balaban J connectivity index is 1.26. The molecule has 0 radical (unpaired) electrons. The zero-order valence-corrected chi connectivity index (χ0v) is 16.7. The van der Waals surface area contributed by atoms with Crippen molar-refractivity contribution in [1.82, 2.24) is 20.2 Å². The van der Waals surface area contributed by atoms with Crippen LogP contribution in [0.4, 0.5) is 5.95 Å². The van der Waals surface area contributed by atoms with Gasteiger partial charge in [-0.3, -0.25) is 4.90 Å². The number of ether oxygens (including phenoxy) is 2. The summed E-state index contributed by atoms with van der Waals surface area (Å²) in [5.41, 5.74) is 2.64. The molecule has 0 saturated carbocycles. The summed E-state index contributed by atoms with van der Waals surface area (Å²) in [5.74, 6) is 2.55. The van der Waals surface area contributed by atoms with E-state index in [1.54, 1.807) is 14.2 Å². The lowest BCUT2D eigenvalue weighted by Gasteiger charge is -2.34. The van der Waals surface area contributed by atoms with Crippen LogP contribution in [0.3, 0.4) is 0 Å². The highest BCUT2D eigenvalue weighted by Crippen LogP contribution is 2.42. The molecule has 2 aliphatic rings. The van der Waals surface area contributed by atoms with Crippen molar-refractivity contribution in [2.45, 2.75) is 18.9 Å². The fourth-order valence-electron chi connectivity index (χ4n) is 4.27. The topological polar surface area (TPSA) is 62.8 Å². The molecule has 1 fully saturated rings. The van der Waals surface area contributed by atoms with Gasteiger partial charge in [0.05, 0.1) is 14.2 Å². The molecule has 1 aromatic carbocycles. The van der Waals surface area contributed by atoms with E-state index in [4.69, 9.17) is 9.47 Å². The van der Waals surface area contributed by atoms with Gasteiger partial charge in [-0.25, -0.2) is 9.97 Å². The number of fused-ring (bicyclic) bond motifs is 1. The van der Waals surface area contributed by atoms with Crippen LogP contribution in [0.1, 0.15) is 23.6 Å². The Bertz CT molecular complexity index is 778. The van der Waals surface area contributed by atoms with Gasteiger partial charge in [-0.05, 0) is 30.5 Å². The molecule has 1 aliphatic heterocycles. The van der Waals surface area contributed by atoms with E-state index >= 15 is 0 Å². The molecule has 28 heavy (non-hydrogen) atoms. The number of piperazine rings is 1. The van der Waals surface area contributed by atoms with E-state index in [1.165, 1.54) is 11.1 Å². The van der Waals surface area contributed by atoms with Gasteiger partial charge in [-0.1, -0.05) is 6.07 Å². The molecule has 0 bridgehead atoms. The van der Waals surface area contributed by atoms with Gasteiger partial charge >= 0.3 is 0 Å². The first-order chi connectivity index (χ1) is 13.8. The number of hydrogen-bond acceptors (Lipinski definition) is 7. The summed E-state index contributed by atoms with van der Waals surface area (Å²) in [4.78, 5) is 13.5. The molecule has 4 rings (SSSR count). The number of nitrogens with one attached hydrogen (secondary N) is 1. The zero-order chi connectivity index (χ0) is 19.3. The molecule has 7 heteroatoms. The van der Waals surface area contributed by atoms with Crippen LogP contribution in [-0.2, 0) is 6.42 Å². The van der Waals surface area contributed by atoms with Crippen LogP contribution in [0.5, 0.6) is 11.5 Å². The van der Waals surface area contributed by atoms with Gasteiger partial charge in [0, 0.05) is 63.3 Å². The number of nitrogens with zero attached hydrogens (tertiary/aromatic N) is 4. The summed E-state index contributed by atoms with van der Waals surface area (Å²) in [6, 6.07) is 6.45. The zero-order valence-electron chi connectivity index (χ0n) is 16.7. The summed E-state index contributed by atoms with van der Waals surface area (Å²) in [6.45, 7) is 6.10. The molecule has 0 unspecified atom stereocenters. The number of hydrogen-bond donors (Lipinski definition) is 1. The van der Waals surface area contributed by atoms with E-state index in [0.717, 1.165) is 69.6 Å². The van der Waals surface area contributed by atoms with Gasteiger partial charge in [0.15, 0.2) is 11.5 Å². The lowest BCUT2D eigenvalue weighted by atomic mass is 10.1. The van der Waals surface area contributed by atoms with Crippen LogP contribution in [0.25, 0.3) is 0 Å². The highest BCUT2D eigenvalue weighted by molar-refractivity contribution is 5.53. The van der Waals surface area contributed by atoms with Crippen LogP contribution < -0.4 is 19.7 Å². The largest absolute Gasteiger partial charge is 0.493 e. The highest BCUT2D eigenvalue weighted by atomic mass is 16.5. The quantitative estimate of drug-likeness (QED) is 0.783. The van der Waals surface area contributed by atoms with Crippen molar-refractivity contribution in [2.75, 3.05) is 58.4 Å². The summed E-state index contributed by atoms with van der Waals surface area (Å²) < 4.78 is 11.0. The Hall–Kier alpha value is -2.38. The third kappa shape index (κ3) is 3.91. The summed E-state index contributed by atoms with van der Waals surface area (Å²) >= 11 is 0. The van der Waals surface area contributed by atoms with Crippen molar-refractivity contribution in [1.29, 1.82) is 0 Å². The Morgan fingerprint density at radius 2 is 1.86 bits per heavy atom. The SMILES string of the molecule is COc1ccc2c(c1OC)CC[C@@H]2NCCN1CCN(c2ncccn2)CC1. The predicted octanol–water partition coefficient (Wildman–Crippen LogP) is 1.89. The third-order valence-corrected chi connectivity index (χ3v) is 5.77. The van der Waals surface area contributed by atoms with E-state index in [0.29, 0.717) is 6.04 Å². The second-order valence-electron chi connectivity index (χ2n) is 7.29. The standard InChI is InChI=1S/C21H29N5O2/c1-27-19-7-5-16-17(20(19)28-2)4-6-18(16)22-10-11-25-12-14-26(15-13-25)21-23-8-3-9-24-21/h3,5,7-9,18,22H,4,6,10-15H2,1-2H3/t18-/m0/s1. The smallest absolute Gasteiger partial charge is 0.225 e. The second kappa shape index (κ2) is 8.75. The fourth-order valence-corrected chi connectivity index (χ4v) is 4.27. The van der Waals surface area contributed by atoms with Gasteiger partial charge in [0.2, 0.25) is 5.95 Å². The van der Waals surface area contributed by atoms with Gasteiger partial charge in [-0.15, -0.1) is 0 Å². The molecule has 1 aromatic heterocycles. The van der Waals surface area contributed by atoms with Gasteiger partial charge in [-0.2, -0.15) is 0 Å². The number of benzene rings is 1. The average molecular weight is 383 g/mol. The molecule has 2 aromatic rings. The minimum atomic E-state index is 0.397. The minimum Gasteiger partial charge on any atom is -0.493 e. The van der Waals surface area contributed by atoms with Crippen LogP contribution in [0, 0.1) is 0 Å². The van der Waals surface area contributed by atoms with Crippen LogP contribution in [-0.4, -0.2) is 68.4 Å². The van der Waals surface area contributed by atoms with E-state index in [2.05, 4.69) is 31.2 Å². The fraction of sp³-hybridized carbons (Fsp3) is 0.524. The van der Waals surface area contributed by atoms with Gasteiger partial charge in [0.25, 0.3) is 0 Å². The Labute approximate surface area is 166 Å². The molecule has 1 saturated heterocycles. The first-order valence-corrected chi connectivity index (χ1v) is 10.0. The Morgan fingerprint density at radius 3 is 2.57 bits per heavy atom. The molecule has 0 amide bonds. The van der Waals surface area contributed by atoms with Crippen molar-refractivity contribution >= 4 is 5.95 Å². The predicted molar refractivity (Wildman–Crippen MR) is 109 cm³/mol. The van der Waals surface area contributed by atoms with Gasteiger partial charge in [0.1, 0.15) is 0 Å². The Kier molecular flexibility index (Phi) is 5.92. The average Bonchev–Trinajstić information content (AvgIpc) is 3.17. The van der Waals surface area contributed by atoms with E-state index in [1.807, 2.05) is 24.5 Å². The molecule has 1 aliphatic carbocycles. The maximum atomic E-state index is 5.60. The summed E-state index contributed by atoms with van der Waals surface area (Å²) in [5, 5.41) is 3.74. The normalized spacial score (nSPS) is 19.5. The number of methoxy groups -OCH3 is 2. The van der Waals surface area contributed by atoms with Crippen molar-refractivity contribution < 1.29 is 9.47 Å². The van der Waals surface area contributed by atoms with E-state index in [-0.39, 0.29) is 0 Å². The lowest BCUT2D eigenvalue weighted by Crippen LogP contribution is -2.48. The van der Waals surface area contributed by atoms with Crippen molar-refractivity contribution in [3.05, 3.63) is 41.7 Å². The number of anilines is 1. The molecule has 1 atom stereocenters. The molecule has 1 N–H and O–H groups in total. The van der Waals surface area contributed by atoms with Crippen LogP contribution in [0.15, 0.2) is 30.6 Å². The van der Waals surface area contributed by atoms with Crippen LogP contribution >= 0.6 is 0 Å². The van der Waals surface area contributed by atoms with Crippen molar-refractivity contribution in [2.24, 2.45) is 0 Å². The summed E-state index contributed by atoms with van der Waals surface area (Å²) in [7, 11) is 3.41. The maximum absolute atomic E-state index is 5.60. The monoisotopic (exact) mass is 383 g/mol. The molecule has 0 spiro atoms. The minimum absolute atomic E-state index is 0.397. The second-order valence-corrected chi connectivity index (χ2v) is 7.29. The van der Waals surface area contributed by atoms with Crippen molar-refractivity contribution in [3.8, 4) is 11.5 Å². The lowest BCUT2D eigenvalue weighted by molar-refractivity contribution is 0.252. The molecular formula is C21H29N5O2. The number of rotatable bonds is 7. The summed E-state index contributed by atoms with van der Waals surface area (Å²) in [6.07, 6.45) is 5.76. The Morgan fingerprint density at radius 1 is 1.07 bits per heavy atom. The number of aromatic nitrogens is 2. The third-order valence-electron chi connectivity index (χ3n) is 5.77. The first-order valence-electron chi connectivity index (χ1n) is 10.0. The van der Waals surface area contributed by atoms with Gasteiger partial charge < -0.3 is 19.7 Å². The van der Waals surface area contributed by atoms with E-state index in [9.17, 15) is 0 Å². The van der Waals surface area contributed by atoms with Crippen LogP contribution in [0.2, 0.25) is 0 Å². The molecule has 2 heterocycles. The highest BCUT2D eigenvalue weighted by Gasteiger charge is 2.27. The van der Waals surface area contributed by atoms with Crippen molar-refractivity contribution in [3.63, 3.8) is 0 Å².